The van der Waals surface area contributed by atoms with Gasteiger partial charge in [0.2, 0.25) is 0 Å². The molecule has 4 aromatic carbocycles. The first kappa shape index (κ1) is 30.5. The van der Waals surface area contributed by atoms with Gasteiger partial charge in [0, 0.05) is 22.3 Å². The number of fused-ring (bicyclic) bond motifs is 3. The van der Waals surface area contributed by atoms with E-state index < -0.39 is 5.60 Å². The minimum Gasteiger partial charge on any atom is -0.473 e. The van der Waals surface area contributed by atoms with Crippen LogP contribution in [0.3, 0.4) is 0 Å². The van der Waals surface area contributed by atoms with Gasteiger partial charge in [0.15, 0.2) is 5.60 Å². The zero-order valence-corrected chi connectivity index (χ0v) is 25.0. The van der Waals surface area contributed by atoms with E-state index in [0.717, 1.165) is 38.8 Å². The number of benzene rings is 4. The van der Waals surface area contributed by atoms with E-state index in [2.05, 4.69) is 91.0 Å². The van der Waals surface area contributed by atoms with E-state index in [1.807, 2.05) is 12.1 Å². The maximum Gasteiger partial charge on any atom is 0.178 e. The Morgan fingerprint density at radius 3 is 1.93 bits per heavy atom. The zero-order valence-electron chi connectivity index (χ0n) is 25.0. The lowest BCUT2D eigenvalue weighted by Crippen LogP contribution is -2.34. The van der Waals surface area contributed by atoms with Crippen LogP contribution in [0.4, 0.5) is 0 Å². The second-order valence-corrected chi connectivity index (χ2v) is 10.8. The Balaban J connectivity index is 1.24. The van der Waals surface area contributed by atoms with Crippen molar-refractivity contribution >= 4 is 16.8 Å². The molecule has 1 fully saturated rings. The van der Waals surface area contributed by atoms with Crippen LogP contribution in [-0.2, 0) is 40.6 Å². The van der Waals surface area contributed by atoms with Crippen LogP contribution in [0.5, 0.6) is 5.75 Å². The van der Waals surface area contributed by atoms with Crippen LogP contribution in [0.25, 0.3) is 16.8 Å². The molecule has 2 aliphatic rings. The number of rotatable bonds is 6. The molecule has 0 radical (unpaired) electrons. The summed E-state index contributed by atoms with van der Waals surface area (Å²) in [6.45, 7) is 5.19. The molecule has 0 spiro atoms. The first-order chi connectivity index (χ1) is 21.8. The van der Waals surface area contributed by atoms with Crippen LogP contribution in [0.15, 0.2) is 97.1 Å². The standard InChI is InChI=1S/C37H40O7/c1-3-10-31(11-4-1)37(32-12-5-2-6-13-32)16-15-35-34-14-8-7-9-29(34)25-30(36(35)44-37)26-42-28-33-27-41-22-21-39-18-17-38-19-20-40-23-24-43-33/h1-16,25,33H,17-24,26-28H2. The van der Waals surface area contributed by atoms with Gasteiger partial charge in [-0.2, -0.15) is 0 Å². The van der Waals surface area contributed by atoms with Crippen LogP contribution in [0, 0.1) is 0 Å². The average Bonchev–Trinajstić information content (AvgIpc) is 3.09. The highest BCUT2D eigenvalue weighted by Crippen LogP contribution is 2.46. The monoisotopic (exact) mass is 596 g/mol. The van der Waals surface area contributed by atoms with E-state index >= 15 is 0 Å². The maximum absolute atomic E-state index is 7.14. The molecule has 7 nitrogen and oxygen atoms in total. The predicted molar refractivity (Wildman–Crippen MR) is 170 cm³/mol. The highest BCUT2D eigenvalue weighted by atomic mass is 16.6. The molecule has 0 aromatic heterocycles. The highest BCUT2D eigenvalue weighted by molar-refractivity contribution is 5.95. The summed E-state index contributed by atoms with van der Waals surface area (Å²) in [6.07, 6.45) is 4.14. The van der Waals surface area contributed by atoms with E-state index in [0.29, 0.717) is 72.7 Å². The van der Waals surface area contributed by atoms with Crippen LogP contribution in [0.1, 0.15) is 22.3 Å². The minimum absolute atomic E-state index is 0.246. The molecule has 0 aliphatic carbocycles. The number of hydrogen-bond acceptors (Lipinski definition) is 7. The van der Waals surface area contributed by atoms with Gasteiger partial charge in [-0.15, -0.1) is 0 Å². The lowest BCUT2D eigenvalue weighted by Gasteiger charge is -2.37. The third-order valence-electron chi connectivity index (χ3n) is 7.83. The van der Waals surface area contributed by atoms with Gasteiger partial charge in [-0.05, 0) is 29.0 Å². The first-order valence-corrected chi connectivity index (χ1v) is 15.4. The van der Waals surface area contributed by atoms with Crippen LogP contribution in [-0.4, -0.2) is 72.2 Å². The summed E-state index contributed by atoms with van der Waals surface area (Å²) < 4.78 is 42.1. The second-order valence-electron chi connectivity index (χ2n) is 10.8. The van der Waals surface area contributed by atoms with Crippen molar-refractivity contribution in [2.24, 2.45) is 0 Å². The summed E-state index contributed by atoms with van der Waals surface area (Å²) in [5, 5.41) is 2.28. The van der Waals surface area contributed by atoms with Crippen molar-refractivity contribution in [2.75, 3.05) is 66.1 Å². The molecule has 0 amide bonds. The Labute approximate surface area is 259 Å². The number of ether oxygens (including phenoxy) is 7. The summed E-state index contributed by atoms with van der Waals surface area (Å²) in [5.41, 5.74) is 3.38. The van der Waals surface area contributed by atoms with E-state index in [-0.39, 0.29) is 6.10 Å². The van der Waals surface area contributed by atoms with Gasteiger partial charge >= 0.3 is 0 Å². The molecular weight excluding hydrogens is 556 g/mol. The van der Waals surface area contributed by atoms with Gasteiger partial charge in [-0.25, -0.2) is 0 Å². The Morgan fingerprint density at radius 1 is 0.659 bits per heavy atom. The molecule has 1 unspecified atom stereocenters. The highest BCUT2D eigenvalue weighted by Gasteiger charge is 2.38. The molecule has 1 saturated heterocycles. The molecule has 7 heteroatoms. The molecule has 1 atom stereocenters. The van der Waals surface area contributed by atoms with Gasteiger partial charge in [0.05, 0.1) is 72.7 Å². The van der Waals surface area contributed by atoms with Gasteiger partial charge in [0.1, 0.15) is 11.9 Å². The van der Waals surface area contributed by atoms with Gasteiger partial charge in [-0.1, -0.05) is 84.9 Å². The van der Waals surface area contributed by atoms with Gasteiger partial charge in [-0.3, -0.25) is 0 Å². The second kappa shape index (κ2) is 15.4. The average molecular weight is 597 g/mol. The molecule has 2 heterocycles. The molecule has 4 aromatic rings. The van der Waals surface area contributed by atoms with Crippen molar-refractivity contribution in [3.63, 3.8) is 0 Å². The quantitative estimate of drug-likeness (QED) is 0.264. The third-order valence-corrected chi connectivity index (χ3v) is 7.83. The summed E-state index contributed by atoms with van der Waals surface area (Å²) in [4.78, 5) is 0. The molecule has 0 N–H and O–H groups in total. The molecule has 44 heavy (non-hydrogen) atoms. The molecular formula is C37H40O7. The topological polar surface area (TPSA) is 64.6 Å². The van der Waals surface area contributed by atoms with E-state index in [1.54, 1.807) is 0 Å². The fraction of sp³-hybridized carbons (Fsp3) is 0.351. The largest absolute Gasteiger partial charge is 0.473 e. The Morgan fingerprint density at radius 2 is 1.25 bits per heavy atom. The van der Waals surface area contributed by atoms with E-state index in [1.165, 1.54) is 0 Å². The SMILES string of the molecule is C1=CC(c2ccccc2)(c2ccccc2)Oc2c(COCC3COCCOCCOCCOCCO3)cc3ccccc3c21. The molecule has 230 valence electrons. The van der Waals surface area contributed by atoms with Crippen LogP contribution >= 0.6 is 0 Å². The van der Waals surface area contributed by atoms with Gasteiger partial charge < -0.3 is 33.2 Å². The fourth-order valence-corrected chi connectivity index (χ4v) is 5.65. The Bertz CT molecular complexity index is 1430. The molecule has 6 rings (SSSR count). The Kier molecular flexibility index (Phi) is 10.7. The smallest absolute Gasteiger partial charge is 0.178 e. The van der Waals surface area contributed by atoms with Crippen molar-refractivity contribution < 1.29 is 33.2 Å². The third kappa shape index (κ3) is 7.38. The Hall–Kier alpha value is -3.56. The van der Waals surface area contributed by atoms with E-state index in [4.69, 9.17) is 33.2 Å². The van der Waals surface area contributed by atoms with Crippen molar-refractivity contribution in [3.8, 4) is 5.75 Å². The fourth-order valence-electron chi connectivity index (χ4n) is 5.65. The molecule has 0 saturated carbocycles. The first-order valence-electron chi connectivity index (χ1n) is 15.4. The minimum atomic E-state index is -0.777. The van der Waals surface area contributed by atoms with Crippen LogP contribution in [0.2, 0.25) is 0 Å². The van der Waals surface area contributed by atoms with Crippen LogP contribution < -0.4 is 4.74 Å². The van der Waals surface area contributed by atoms with Crippen molar-refractivity contribution in [2.45, 2.75) is 18.3 Å². The summed E-state index contributed by atoms with van der Waals surface area (Å²) in [7, 11) is 0. The lowest BCUT2D eigenvalue weighted by atomic mass is 9.82. The van der Waals surface area contributed by atoms with Crippen molar-refractivity contribution in [1.29, 1.82) is 0 Å². The van der Waals surface area contributed by atoms with Gasteiger partial charge in [0.25, 0.3) is 0 Å². The maximum atomic E-state index is 7.14. The van der Waals surface area contributed by atoms with E-state index in [9.17, 15) is 0 Å². The predicted octanol–water partition coefficient (Wildman–Crippen LogP) is 6.17. The zero-order chi connectivity index (χ0) is 29.9. The number of hydrogen-bond donors (Lipinski definition) is 0. The molecule has 0 bridgehead atoms. The summed E-state index contributed by atoms with van der Waals surface area (Å²) >= 11 is 0. The van der Waals surface area contributed by atoms with Crippen molar-refractivity contribution in [3.05, 3.63) is 119 Å². The lowest BCUT2D eigenvalue weighted by molar-refractivity contribution is -0.0803. The van der Waals surface area contributed by atoms with Crippen molar-refractivity contribution in [1.82, 2.24) is 0 Å². The summed E-state index contributed by atoms with van der Waals surface area (Å²) in [6, 6.07) is 31.3. The molecule has 2 aliphatic heterocycles. The summed E-state index contributed by atoms with van der Waals surface area (Å²) in [5.74, 6) is 0.825. The normalized spacial score (nSPS) is 19.8.